The van der Waals surface area contributed by atoms with Crippen LogP contribution in [-0.4, -0.2) is 44.1 Å². The molecule has 0 aliphatic carbocycles. The molecule has 1 aromatic carbocycles. The number of imidazole rings is 1. The quantitative estimate of drug-likeness (QED) is 0.731. The fourth-order valence-electron chi connectivity index (χ4n) is 4.07. The average Bonchev–Trinajstić information content (AvgIpc) is 3.27. The van der Waals surface area contributed by atoms with Crippen molar-refractivity contribution in [3.05, 3.63) is 60.0 Å². The summed E-state index contributed by atoms with van der Waals surface area (Å²) in [4.78, 5) is 15.2. The number of piperidine rings is 1. The van der Waals surface area contributed by atoms with Gasteiger partial charge in [0.2, 0.25) is 0 Å². The molecule has 6 heteroatoms. The number of fused-ring (bicyclic) bond motifs is 1. The first-order chi connectivity index (χ1) is 13.2. The van der Waals surface area contributed by atoms with Crippen LogP contribution in [0, 0.1) is 0 Å². The Hall–Kier alpha value is -2.60. The van der Waals surface area contributed by atoms with Gasteiger partial charge in [-0.15, -0.1) is 0 Å². The molecular weight excluding hydrogens is 338 g/mol. The first kappa shape index (κ1) is 17.8. The lowest BCUT2D eigenvalue weighted by Crippen LogP contribution is -2.41. The highest BCUT2D eigenvalue weighted by molar-refractivity contribution is 5.99. The van der Waals surface area contributed by atoms with E-state index >= 15 is 0 Å². The van der Waals surface area contributed by atoms with Crippen LogP contribution >= 0.6 is 0 Å². The summed E-state index contributed by atoms with van der Waals surface area (Å²) in [5.41, 5.74) is 2.82. The average molecular weight is 365 g/mol. The normalized spacial score (nSPS) is 18.0. The number of likely N-dealkylation sites (tertiary alicyclic amines) is 1. The Bertz CT molecular complexity index is 898. The van der Waals surface area contributed by atoms with Crippen LogP contribution in [0.25, 0.3) is 5.65 Å². The summed E-state index contributed by atoms with van der Waals surface area (Å²) < 4.78 is 3.66. The Balaban J connectivity index is 1.34. The lowest BCUT2D eigenvalue weighted by atomic mass is 9.98. The van der Waals surface area contributed by atoms with Gasteiger partial charge >= 0.3 is 0 Å². The van der Waals surface area contributed by atoms with E-state index in [1.54, 1.807) is 10.7 Å². The lowest BCUT2D eigenvalue weighted by Gasteiger charge is -2.36. The molecule has 27 heavy (non-hydrogen) atoms. The Morgan fingerprint density at radius 2 is 2.07 bits per heavy atom. The van der Waals surface area contributed by atoms with Gasteiger partial charge in [0.1, 0.15) is 11.2 Å². The van der Waals surface area contributed by atoms with Crippen LogP contribution in [0.3, 0.4) is 0 Å². The van der Waals surface area contributed by atoms with E-state index in [1.807, 2.05) is 24.0 Å². The predicted octanol–water partition coefficient (Wildman–Crippen LogP) is 2.85. The Morgan fingerprint density at radius 1 is 1.22 bits per heavy atom. The molecule has 0 bridgehead atoms. The SMILES string of the molecule is Cn1ccn2ncc(C(=O)NCC[C@H]3CCCCN3Cc3ccccc3)c12. The summed E-state index contributed by atoms with van der Waals surface area (Å²) in [6.45, 7) is 2.82. The number of benzene rings is 1. The molecule has 3 heterocycles. The van der Waals surface area contributed by atoms with Gasteiger partial charge in [0.05, 0.1) is 6.20 Å². The third-order valence-electron chi connectivity index (χ3n) is 5.52. The molecule has 1 amide bonds. The summed E-state index contributed by atoms with van der Waals surface area (Å²) in [6.07, 6.45) is 10.1. The van der Waals surface area contributed by atoms with Gasteiger partial charge < -0.3 is 9.88 Å². The highest BCUT2D eigenvalue weighted by atomic mass is 16.1. The van der Waals surface area contributed by atoms with Gasteiger partial charge in [-0.3, -0.25) is 9.69 Å². The second-order valence-corrected chi connectivity index (χ2v) is 7.39. The summed E-state index contributed by atoms with van der Waals surface area (Å²) >= 11 is 0. The van der Waals surface area contributed by atoms with E-state index in [0.29, 0.717) is 18.2 Å². The topological polar surface area (TPSA) is 54.6 Å². The molecule has 0 saturated carbocycles. The summed E-state index contributed by atoms with van der Waals surface area (Å²) in [6, 6.07) is 11.2. The van der Waals surface area contributed by atoms with Crippen LogP contribution in [0.5, 0.6) is 0 Å². The summed E-state index contributed by atoms with van der Waals surface area (Å²) in [5, 5.41) is 7.34. The van der Waals surface area contributed by atoms with Crippen LogP contribution in [0.4, 0.5) is 0 Å². The molecule has 1 fully saturated rings. The molecule has 1 atom stereocenters. The number of carbonyl (C=O) groups is 1. The van der Waals surface area contributed by atoms with E-state index < -0.39 is 0 Å². The molecule has 0 radical (unpaired) electrons. The monoisotopic (exact) mass is 365 g/mol. The Kier molecular flexibility index (Phi) is 5.25. The third kappa shape index (κ3) is 3.90. The smallest absolute Gasteiger partial charge is 0.256 e. The molecular formula is C21H27N5O. The van der Waals surface area contributed by atoms with Crippen molar-refractivity contribution in [1.82, 2.24) is 24.4 Å². The number of nitrogens with zero attached hydrogens (tertiary/aromatic N) is 4. The molecule has 1 aliphatic heterocycles. The van der Waals surface area contributed by atoms with E-state index in [0.717, 1.165) is 25.2 Å². The number of nitrogens with one attached hydrogen (secondary N) is 1. The molecule has 4 rings (SSSR count). The number of aromatic nitrogens is 3. The molecule has 2 aromatic heterocycles. The molecule has 1 aliphatic rings. The van der Waals surface area contributed by atoms with Crippen molar-refractivity contribution in [1.29, 1.82) is 0 Å². The maximum Gasteiger partial charge on any atom is 0.256 e. The Labute approximate surface area is 159 Å². The lowest BCUT2D eigenvalue weighted by molar-refractivity contribution is 0.0938. The van der Waals surface area contributed by atoms with Crippen LogP contribution < -0.4 is 5.32 Å². The van der Waals surface area contributed by atoms with Crippen molar-refractivity contribution in [2.75, 3.05) is 13.1 Å². The van der Waals surface area contributed by atoms with Crippen molar-refractivity contribution in [2.24, 2.45) is 7.05 Å². The van der Waals surface area contributed by atoms with Gasteiger partial charge in [0.25, 0.3) is 5.91 Å². The zero-order chi connectivity index (χ0) is 18.6. The maximum atomic E-state index is 12.6. The zero-order valence-electron chi connectivity index (χ0n) is 15.8. The van der Waals surface area contributed by atoms with Crippen LogP contribution in [0.15, 0.2) is 48.9 Å². The highest BCUT2D eigenvalue weighted by Gasteiger charge is 2.23. The maximum absolute atomic E-state index is 12.6. The second-order valence-electron chi connectivity index (χ2n) is 7.39. The fraction of sp³-hybridized carbons (Fsp3) is 0.429. The minimum absolute atomic E-state index is 0.0442. The molecule has 0 spiro atoms. The molecule has 0 unspecified atom stereocenters. The number of amides is 1. The Morgan fingerprint density at radius 3 is 2.93 bits per heavy atom. The van der Waals surface area contributed by atoms with Gasteiger partial charge in [0, 0.05) is 38.6 Å². The standard InChI is InChI=1S/C21H27N5O/c1-24-13-14-26-21(24)19(15-23-26)20(27)22-11-10-18-9-5-6-12-25(18)16-17-7-3-2-4-8-17/h2-4,7-8,13-15,18H,5-6,9-12,16H2,1H3,(H,22,27)/t18-/m1/s1. The van der Waals surface area contributed by atoms with Gasteiger partial charge in [-0.05, 0) is 31.4 Å². The molecule has 142 valence electrons. The minimum atomic E-state index is -0.0442. The highest BCUT2D eigenvalue weighted by Crippen LogP contribution is 2.21. The number of rotatable bonds is 6. The van der Waals surface area contributed by atoms with Gasteiger partial charge in [-0.25, -0.2) is 4.52 Å². The van der Waals surface area contributed by atoms with E-state index in [2.05, 4.69) is 45.6 Å². The van der Waals surface area contributed by atoms with Crippen molar-refractivity contribution in [3.63, 3.8) is 0 Å². The van der Waals surface area contributed by atoms with E-state index in [9.17, 15) is 4.79 Å². The first-order valence-electron chi connectivity index (χ1n) is 9.77. The van der Waals surface area contributed by atoms with E-state index in [1.165, 1.54) is 24.8 Å². The van der Waals surface area contributed by atoms with Crippen LogP contribution in [0.1, 0.15) is 41.6 Å². The number of aryl methyl sites for hydroxylation is 1. The molecule has 3 aromatic rings. The second kappa shape index (κ2) is 7.96. The summed E-state index contributed by atoms with van der Waals surface area (Å²) in [7, 11) is 1.93. The molecule has 1 N–H and O–H groups in total. The predicted molar refractivity (Wildman–Crippen MR) is 106 cm³/mol. The van der Waals surface area contributed by atoms with Crippen molar-refractivity contribution in [2.45, 2.75) is 38.3 Å². The van der Waals surface area contributed by atoms with Crippen molar-refractivity contribution < 1.29 is 4.79 Å². The summed E-state index contributed by atoms with van der Waals surface area (Å²) in [5.74, 6) is -0.0442. The van der Waals surface area contributed by atoms with Gasteiger partial charge in [0.15, 0.2) is 0 Å². The van der Waals surface area contributed by atoms with Crippen LogP contribution in [0.2, 0.25) is 0 Å². The van der Waals surface area contributed by atoms with Gasteiger partial charge in [-0.1, -0.05) is 36.8 Å². The third-order valence-corrected chi connectivity index (χ3v) is 5.52. The van der Waals surface area contributed by atoms with E-state index in [4.69, 9.17) is 0 Å². The number of carbonyl (C=O) groups excluding carboxylic acids is 1. The van der Waals surface area contributed by atoms with Crippen LogP contribution in [-0.2, 0) is 13.6 Å². The van der Waals surface area contributed by atoms with Gasteiger partial charge in [-0.2, -0.15) is 5.10 Å². The minimum Gasteiger partial charge on any atom is -0.352 e. The molecule has 1 saturated heterocycles. The first-order valence-corrected chi connectivity index (χ1v) is 9.77. The van der Waals surface area contributed by atoms with Crippen molar-refractivity contribution in [3.8, 4) is 0 Å². The number of hydrogen-bond acceptors (Lipinski definition) is 3. The molecule has 6 nitrogen and oxygen atoms in total. The fourth-order valence-corrected chi connectivity index (χ4v) is 4.07. The number of hydrogen-bond donors (Lipinski definition) is 1. The zero-order valence-corrected chi connectivity index (χ0v) is 15.8. The van der Waals surface area contributed by atoms with E-state index in [-0.39, 0.29) is 5.91 Å². The van der Waals surface area contributed by atoms with Crippen molar-refractivity contribution >= 4 is 11.6 Å². The largest absolute Gasteiger partial charge is 0.352 e.